The summed E-state index contributed by atoms with van der Waals surface area (Å²) < 4.78 is 0. The average Bonchev–Trinajstić information content (AvgIpc) is 3.01. The van der Waals surface area contributed by atoms with Crippen LogP contribution in [0.4, 0.5) is 5.95 Å². The number of anilines is 1. The minimum atomic E-state index is -0.484. The Balaban J connectivity index is 1.73. The lowest BCUT2D eigenvalue weighted by molar-refractivity contribution is -0.0103. The summed E-state index contributed by atoms with van der Waals surface area (Å²) in [7, 11) is 0. The highest BCUT2D eigenvalue weighted by Gasteiger charge is 2.52. The minimum Gasteiger partial charge on any atom is -0.386 e. The topological polar surface area (TPSA) is 62.1 Å². The number of aryl methyl sites for hydroxylation is 2. The van der Waals surface area contributed by atoms with Crippen molar-refractivity contribution >= 4 is 5.95 Å². The highest BCUT2D eigenvalue weighted by Crippen LogP contribution is 2.45. The van der Waals surface area contributed by atoms with E-state index in [1.54, 1.807) is 0 Å². The summed E-state index contributed by atoms with van der Waals surface area (Å²) in [5.74, 6) is 1.15. The van der Waals surface area contributed by atoms with E-state index in [9.17, 15) is 5.11 Å². The van der Waals surface area contributed by atoms with E-state index in [2.05, 4.69) is 15.2 Å². The Hall–Kier alpha value is -1.23. The first-order chi connectivity index (χ1) is 7.58. The number of aliphatic hydroxyl groups is 1. The van der Waals surface area contributed by atoms with Crippen molar-refractivity contribution in [1.29, 1.82) is 0 Å². The van der Waals surface area contributed by atoms with Crippen LogP contribution >= 0.6 is 0 Å². The van der Waals surface area contributed by atoms with Gasteiger partial charge in [0.25, 0.3) is 0 Å². The second-order valence-corrected chi connectivity index (χ2v) is 5.02. The third kappa shape index (κ3) is 1.46. The predicted molar refractivity (Wildman–Crippen MR) is 59.2 cm³/mol. The monoisotopic (exact) mass is 220 g/mol. The van der Waals surface area contributed by atoms with Crippen LogP contribution in [-0.4, -0.2) is 39.0 Å². The van der Waals surface area contributed by atoms with Crippen LogP contribution < -0.4 is 4.90 Å². The van der Waals surface area contributed by atoms with Gasteiger partial charge in [-0.15, -0.1) is 5.10 Å². The molecule has 3 rings (SSSR count). The highest BCUT2D eigenvalue weighted by atomic mass is 16.3. The lowest BCUT2D eigenvalue weighted by Crippen LogP contribution is -2.63. The summed E-state index contributed by atoms with van der Waals surface area (Å²) in [6, 6.07) is 0. The molecule has 1 saturated heterocycles. The smallest absolute Gasteiger partial charge is 0.245 e. The molecule has 1 N–H and O–H groups in total. The molecule has 0 amide bonds. The van der Waals surface area contributed by atoms with Gasteiger partial charge in [0, 0.05) is 0 Å². The Morgan fingerprint density at radius 2 is 1.88 bits per heavy atom. The van der Waals surface area contributed by atoms with Gasteiger partial charge in [-0.3, -0.25) is 0 Å². The first-order valence-electron chi connectivity index (χ1n) is 5.74. The molecule has 5 heteroatoms. The van der Waals surface area contributed by atoms with E-state index < -0.39 is 5.60 Å². The van der Waals surface area contributed by atoms with Crippen molar-refractivity contribution in [3.05, 3.63) is 11.4 Å². The Bertz CT molecular complexity index is 424. The van der Waals surface area contributed by atoms with Gasteiger partial charge in [0.1, 0.15) is 5.60 Å². The second-order valence-electron chi connectivity index (χ2n) is 5.02. The van der Waals surface area contributed by atoms with Gasteiger partial charge in [0.15, 0.2) is 0 Å². The molecule has 0 spiro atoms. The van der Waals surface area contributed by atoms with Gasteiger partial charge in [0.2, 0.25) is 5.95 Å². The lowest BCUT2D eigenvalue weighted by Gasteiger charge is -2.46. The van der Waals surface area contributed by atoms with Gasteiger partial charge in [-0.2, -0.15) is 5.10 Å². The van der Waals surface area contributed by atoms with E-state index in [0.29, 0.717) is 25.0 Å². The fraction of sp³-hybridized carbons (Fsp3) is 0.727. The molecule has 86 valence electrons. The van der Waals surface area contributed by atoms with Crippen LogP contribution in [0.1, 0.15) is 24.2 Å². The van der Waals surface area contributed by atoms with Crippen LogP contribution in [-0.2, 0) is 0 Å². The molecule has 1 aromatic heterocycles. The SMILES string of the molecule is Cc1nnc(N2CC(O)(C3CC3)C2)nc1C. The van der Waals surface area contributed by atoms with Crippen LogP contribution in [0.5, 0.6) is 0 Å². The summed E-state index contributed by atoms with van der Waals surface area (Å²) in [6.07, 6.45) is 2.33. The molecule has 0 aromatic carbocycles. The molecular weight excluding hydrogens is 204 g/mol. The maximum absolute atomic E-state index is 10.2. The average molecular weight is 220 g/mol. The molecule has 1 aliphatic heterocycles. The lowest BCUT2D eigenvalue weighted by atomic mass is 9.89. The summed E-state index contributed by atoms with van der Waals surface area (Å²) in [5, 5.41) is 18.3. The zero-order chi connectivity index (χ0) is 11.3. The van der Waals surface area contributed by atoms with Crippen molar-refractivity contribution in [2.45, 2.75) is 32.3 Å². The van der Waals surface area contributed by atoms with Gasteiger partial charge in [0.05, 0.1) is 24.5 Å². The van der Waals surface area contributed by atoms with E-state index in [-0.39, 0.29) is 0 Å². The highest BCUT2D eigenvalue weighted by molar-refractivity contribution is 5.38. The van der Waals surface area contributed by atoms with Gasteiger partial charge in [-0.1, -0.05) is 0 Å². The molecular formula is C11H16N4O. The molecule has 0 radical (unpaired) electrons. The standard InChI is InChI=1S/C11H16N4O/c1-7-8(2)13-14-10(12-7)15-5-11(16,6-15)9-3-4-9/h9,16H,3-6H2,1-2H3. The van der Waals surface area contributed by atoms with Crippen molar-refractivity contribution in [3.8, 4) is 0 Å². The van der Waals surface area contributed by atoms with Crippen LogP contribution in [0, 0.1) is 19.8 Å². The quantitative estimate of drug-likeness (QED) is 0.784. The van der Waals surface area contributed by atoms with Crippen LogP contribution in [0.15, 0.2) is 0 Å². The van der Waals surface area contributed by atoms with E-state index in [1.165, 1.54) is 0 Å². The molecule has 0 unspecified atom stereocenters. The van der Waals surface area contributed by atoms with E-state index >= 15 is 0 Å². The van der Waals surface area contributed by atoms with Crippen molar-refractivity contribution in [3.63, 3.8) is 0 Å². The van der Waals surface area contributed by atoms with E-state index in [1.807, 2.05) is 18.7 Å². The number of hydrogen-bond acceptors (Lipinski definition) is 5. The molecule has 1 saturated carbocycles. The number of aromatic nitrogens is 3. The molecule has 1 aromatic rings. The van der Waals surface area contributed by atoms with Gasteiger partial charge in [-0.05, 0) is 32.6 Å². The maximum Gasteiger partial charge on any atom is 0.245 e. The predicted octanol–water partition coefficient (Wildman–Crippen LogP) is 0.450. The van der Waals surface area contributed by atoms with Crippen LogP contribution in [0.25, 0.3) is 0 Å². The van der Waals surface area contributed by atoms with Gasteiger partial charge < -0.3 is 10.0 Å². The Labute approximate surface area is 94.5 Å². The number of nitrogens with zero attached hydrogens (tertiary/aromatic N) is 4. The first kappa shape index (κ1) is 9.96. The fourth-order valence-electron chi connectivity index (χ4n) is 2.21. The summed E-state index contributed by atoms with van der Waals surface area (Å²) in [6.45, 7) is 5.14. The number of β-amino-alcohol motifs (C(OH)–C–C–N with tert-alkyl or cyclic N) is 1. The zero-order valence-corrected chi connectivity index (χ0v) is 9.64. The van der Waals surface area contributed by atoms with Crippen LogP contribution in [0.2, 0.25) is 0 Å². The zero-order valence-electron chi connectivity index (χ0n) is 9.64. The summed E-state index contributed by atoms with van der Waals surface area (Å²) >= 11 is 0. The molecule has 16 heavy (non-hydrogen) atoms. The third-order valence-corrected chi connectivity index (χ3v) is 3.63. The molecule has 2 aliphatic rings. The molecule has 0 atom stereocenters. The normalized spacial score (nSPS) is 23.1. The summed E-state index contributed by atoms with van der Waals surface area (Å²) in [5.41, 5.74) is 1.29. The fourth-order valence-corrected chi connectivity index (χ4v) is 2.21. The van der Waals surface area contributed by atoms with Gasteiger partial charge >= 0.3 is 0 Å². The number of hydrogen-bond donors (Lipinski definition) is 1. The number of rotatable bonds is 2. The van der Waals surface area contributed by atoms with Crippen molar-refractivity contribution in [2.75, 3.05) is 18.0 Å². The van der Waals surface area contributed by atoms with Crippen molar-refractivity contribution in [1.82, 2.24) is 15.2 Å². The Morgan fingerprint density at radius 1 is 1.19 bits per heavy atom. The minimum absolute atomic E-state index is 0.484. The van der Waals surface area contributed by atoms with Crippen molar-refractivity contribution in [2.24, 2.45) is 5.92 Å². The molecule has 2 fully saturated rings. The molecule has 1 aliphatic carbocycles. The largest absolute Gasteiger partial charge is 0.386 e. The molecule has 2 heterocycles. The summed E-state index contributed by atoms with van der Waals surface area (Å²) in [4.78, 5) is 6.38. The Morgan fingerprint density at radius 3 is 2.44 bits per heavy atom. The van der Waals surface area contributed by atoms with E-state index in [4.69, 9.17) is 0 Å². The Kier molecular flexibility index (Phi) is 1.95. The molecule has 5 nitrogen and oxygen atoms in total. The molecule has 0 bridgehead atoms. The second kappa shape index (κ2) is 3.13. The van der Waals surface area contributed by atoms with Gasteiger partial charge in [-0.25, -0.2) is 4.98 Å². The van der Waals surface area contributed by atoms with Crippen LogP contribution in [0.3, 0.4) is 0 Å². The third-order valence-electron chi connectivity index (χ3n) is 3.63. The van der Waals surface area contributed by atoms with Crippen molar-refractivity contribution < 1.29 is 5.11 Å². The first-order valence-corrected chi connectivity index (χ1v) is 5.74. The van der Waals surface area contributed by atoms with E-state index in [0.717, 1.165) is 24.2 Å². The maximum atomic E-state index is 10.2.